The highest BCUT2D eigenvalue weighted by molar-refractivity contribution is 6.02. The molecule has 0 spiro atoms. The van der Waals surface area contributed by atoms with Crippen LogP contribution in [0.25, 0.3) is 0 Å². The van der Waals surface area contributed by atoms with E-state index in [2.05, 4.69) is 10.5 Å². The highest BCUT2D eigenvalue weighted by Crippen LogP contribution is 2.31. The van der Waals surface area contributed by atoms with Gasteiger partial charge in [0.05, 0.1) is 25.5 Å². The molecule has 136 valence electrons. The van der Waals surface area contributed by atoms with E-state index in [1.807, 2.05) is 18.2 Å². The molecular weight excluding hydrogens is 336 g/mol. The number of methoxy groups -OCH3 is 2. The van der Waals surface area contributed by atoms with Gasteiger partial charge in [-0.05, 0) is 37.3 Å². The van der Waals surface area contributed by atoms with Gasteiger partial charge < -0.3 is 18.9 Å². The zero-order valence-corrected chi connectivity index (χ0v) is 14.9. The van der Waals surface area contributed by atoms with Crippen LogP contribution in [0.5, 0.6) is 23.0 Å². The summed E-state index contributed by atoms with van der Waals surface area (Å²) in [6.45, 7) is 2.86. The summed E-state index contributed by atoms with van der Waals surface area (Å²) < 4.78 is 21.4. The first-order valence-corrected chi connectivity index (χ1v) is 8.09. The lowest BCUT2D eigenvalue weighted by molar-refractivity contribution is 0.0951. The van der Waals surface area contributed by atoms with Crippen molar-refractivity contribution in [1.82, 2.24) is 5.43 Å². The average molecular weight is 356 g/mol. The van der Waals surface area contributed by atoms with E-state index in [1.165, 1.54) is 7.11 Å². The molecule has 0 unspecified atom stereocenters. The summed E-state index contributed by atoms with van der Waals surface area (Å²) in [5.74, 6) is 2.02. The molecule has 0 bridgehead atoms. The fourth-order valence-corrected chi connectivity index (χ4v) is 2.51. The predicted octanol–water partition coefficient (Wildman–Crippen LogP) is 2.63. The molecule has 0 saturated carbocycles. The minimum atomic E-state index is -0.374. The Morgan fingerprint density at radius 1 is 1.04 bits per heavy atom. The number of fused-ring (bicyclic) bond motifs is 1. The van der Waals surface area contributed by atoms with Crippen molar-refractivity contribution in [3.05, 3.63) is 47.5 Å². The van der Waals surface area contributed by atoms with Crippen LogP contribution in [-0.4, -0.2) is 39.1 Å². The van der Waals surface area contributed by atoms with Crippen LogP contribution in [0.4, 0.5) is 0 Å². The van der Waals surface area contributed by atoms with Gasteiger partial charge in [0.1, 0.15) is 24.7 Å². The zero-order chi connectivity index (χ0) is 18.5. The van der Waals surface area contributed by atoms with Gasteiger partial charge in [-0.2, -0.15) is 5.10 Å². The van der Waals surface area contributed by atoms with Crippen molar-refractivity contribution in [2.75, 3.05) is 27.4 Å². The normalized spacial score (nSPS) is 13.1. The number of hydrogen-bond donors (Lipinski definition) is 1. The number of nitrogens with zero attached hydrogens (tertiary/aromatic N) is 1. The molecule has 1 N–H and O–H groups in total. The van der Waals surface area contributed by atoms with E-state index >= 15 is 0 Å². The summed E-state index contributed by atoms with van der Waals surface area (Å²) in [4.78, 5) is 12.4. The highest BCUT2D eigenvalue weighted by Gasteiger charge is 2.15. The monoisotopic (exact) mass is 356 g/mol. The van der Waals surface area contributed by atoms with Gasteiger partial charge in [0, 0.05) is 11.6 Å². The molecule has 0 aromatic heterocycles. The van der Waals surface area contributed by atoms with E-state index in [4.69, 9.17) is 18.9 Å². The van der Waals surface area contributed by atoms with Crippen molar-refractivity contribution < 1.29 is 23.7 Å². The molecule has 0 radical (unpaired) electrons. The van der Waals surface area contributed by atoms with Crippen molar-refractivity contribution in [1.29, 1.82) is 0 Å². The topological polar surface area (TPSA) is 78.4 Å². The Balaban J connectivity index is 1.75. The molecule has 0 fully saturated rings. The molecule has 0 aliphatic carbocycles. The van der Waals surface area contributed by atoms with Crippen LogP contribution < -0.4 is 24.4 Å². The fraction of sp³-hybridized carbons (Fsp3) is 0.263. The molecular formula is C19H20N2O5. The molecule has 1 heterocycles. The lowest BCUT2D eigenvalue weighted by atomic mass is 10.1. The first kappa shape index (κ1) is 17.6. The standard InChI is InChI=1S/C19H20N2O5/c1-12(13-4-7-16-18(10-13)26-9-8-25-16)20-21-19(22)15-6-5-14(23-2)11-17(15)24-3/h4-7,10-11H,8-9H2,1-3H3,(H,21,22)/b20-12-. The second kappa shape index (κ2) is 7.77. The molecule has 2 aromatic carbocycles. The largest absolute Gasteiger partial charge is 0.497 e. The Morgan fingerprint density at radius 3 is 2.54 bits per heavy atom. The van der Waals surface area contributed by atoms with Crippen LogP contribution in [0.15, 0.2) is 41.5 Å². The number of carbonyl (C=O) groups excluding carboxylic acids is 1. The van der Waals surface area contributed by atoms with Gasteiger partial charge in [0.15, 0.2) is 11.5 Å². The molecule has 1 aliphatic rings. The van der Waals surface area contributed by atoms with Gasteiger partial charge in [0.25, 0.3) is 5.91 Å². The summed E-state index contributed by atoms with van der Waals surface area (Å²) >= 11 is 0. The number of carbonyl (C=O) groups is 1. The smallest absolute Gasteiger partial charge is 0.275 e. The Labute approximate surface area is 151 Å². The third-order valence-corrected chi connectivity index (χ3v) is 3.94. The number of benzene rings is 2. The SMILES string of the molecule is COc1ccc(C(=O)N/N=C(/C)c2ccc3c(c2)OCCO3)c(OC)c1. The molecule has 7 heteroatoms. The van der Waals surface area contributed by atoms with Crippen LogP contribution in [0.1, 0.15) is 22.8 Å². The Hall–Kier alpha value is -3.22. The van der Waals surface area contributed by atoms with Gasteiger partial charge in [-0.15, -0.1) is 0 Å². The first-order chi connectivity index (χ1) is 12.6. The molecule has 1 amide bonds. The maximum absolute atomic E-state index is 12.4. The third-order valence-electron chi connectivity index (χ3n) is 3.94. The molecule has 3 rings (SSSR count). The summed E-state index contributed by atoms with van der Waals surface area (Å²) in [7, 11) is 3.05. The number of nitrogens with one attached hydrogen (secondary N) is 1. The molecule has 1 aliphatic heterocycles. The van der Waals surface area contributed by atoms with Crippen LogP contribution in [0.3, 0.4) is 0 Å². The minimum Gasteiger partial charge on any atom is -0.497 e. The zero-order valence-electron chi connectivity index (χ0n) is 14.9. The first-order valence-electron chi connectivity index (χ1n) is 8.09. The lowest BCUT2D eigenvalue weighted by Crippen LogP contribution is -2.20. The van der Waals surface area contributed by atoms with Gasteiger partial charge in [-0.3, -0.25) is 4.79 Å². The van der Waals surface area contributed by atoms with E-state index in [0.29, 0.717) is 47.5 Å². The van der Waals surface area contributed by atoms with Crippen LogP contribution in [-0.2, 0) is 0 Å². The molecule has 26 heavy (non-hydrogen) atoms. The van der Waals surface area contributed by atoms with Gasteiger partial charge in [-0.25, -0.2) is 5.43 Å². The van der Waals surface area contributed by atoms with E-state index in [-0.39, 0.29) is 5.91 Å². The van der Waals surface area contributed by atoms with Crippen LogP contribution in [0, 0.1) is 0 Å². The maximum Gasteiger partial charge on any atom is 0.275 e. The Kier molecular flexibility index (Phi) is 5.26. The van der Waals surface area contributed by atoms with E-state index in [1.54, 1.807) is 32.2 Å². The molecule has 7 nitrogen and oxygen atoms in total. The van der Waals surface area contributed by atoms with Gasteiger partial charge in [0.2, 0.25) is 0 Å². The van der Waals surface area contributed by atoms with Gasteiger partial charge in [-0.1, -0.05) is 0 Å². The molecule has 2 aromatic rings. The van der Waals surface area contributed by atoms with Crippen molar-refractivity contribution in [2.45, 2.75) is 6.92 Å². The predicted molar refractivity (Wildman–Crippen MR) is 96.7 cm³/mol. The summed E-state index contributed by atoms with van der Waals surface area (Å²) in [5.41, 5.74) is 4.38. The summed E-state index contributed by atoms with van der Waals surface area (Å²) in [6.07, 6.45) is 0. The van der Waals surface area contributed by atoms with Crippen molar-refractivity contribution >= 4 is 11.6 Å². The Bertz CT molecular complexity index is 848. The number of rotatable bonds is 5. The Morgan fingerprint density at radius 2 is 1.81 bits per heavy atom. The van der Waals surface area contributed by atoms with Gasteiger partial charge >= 0.3 is 0 Å². The second-order valence-corrected chi connectivity index (χ2v) is 5.56. The second-order valence-electron chi connectivity index (χ2n) is 5.56. The number of hydrogen-bond acceptors (Lipinski definition) is 6. The quantitative estimate of drug-likeness (QED) is 0.658. The lowest BCUT2D eigenvalue weighted by Gasteiger charge is -2.18. The average Bonchev–Trinajstić information content (AvgIpc) is 2.70. The van der Waals surface area contributed by atoms with Crippen molar-refractivity contribution in [2.24, 2.45) is 5.10 Å². The van der Waals surface area contributed by atoms with Crippen LogP contribution >= 0.6 is 0 Å². The number of amides is 1. The van der Waals surface area contributed by atoms with Crippen LogP contribution in [0.2, 0.25) is 0 Å². The minimum absolute atomic E-state index is 0.368. The fourth-order valence-electron chi connectivity index (χ4n) is 2.51. The van der Waals surface area contributed by atoms with Crippen molar-refractivity contribution in [3.63, 3.8) is 0 Å². The van der Waals surface area contributed by atoms with E-state index in [0.717, 1.165) is 5.56 Å². The maximum atomic E-state index is 12.4. The number of hydrazone groups is 1. The molecule has 0 atom stereocenters. The third kappa shape index (κ3) is 3.72. The van der Waals surface area contributed by atoms with Crippen molar-refractivity contribution in [3.8, 4) is 23.0 Å². The van der Waals surface area contributed by atoms with E-state index in [9.17, 15) is 4.79 Å². The van der Waals surface area contributed by atoms with E-state index < -0.39 is 0 Å². The molecule has 0 saturated heterocycles. The number of ether oxygens (including phenoxy) is 4. The summed E-state index contributed by atoms with van der Waals surface area (Å²) in [5, 5.41) is 4.17. The summed E-state index contributed by atoms with van der Waals surface area (Å²) in [6, 6.07) is 10.5. The highest BCUT2D eigenvalue weighted by atomic mass is 16.6.